The molecule has 1 amide bonds. The minimum atomic E-state index is -3.74. The fourth-order valence-corrected chi connectivity index (χ4v) is 3.58. The van der Waals surface area contributed by atoms with Crippen molar-refractivity contribution in [2.45, 2.75) is 11.8 Å². The Morgan fingerprint density at radius 2 is 1.72 bits per heavy atom. The first-order chi connectivity index (χ1) is 13.5. The molecule has 0 aliphatic rings. The second kappa shape index (κ2) is 8.37. The van der Waals surface area contributed by atoms with E-state index in [1.165, 1.54) is 32.3 Å². The smallest absolute Gasteiger partial charge is 0.338 e. The Kier molecular flexibility index (Phi) is 6.34. The monoisotopic (exact) mass is 421 g/mol. The highest BCUT2D eigenvalue weighted by molar-refractivity contribution is 7.89. The van der Waals surface area contributed by atoms with Crippen molar-refractivity contribution in [3.8, 4) is 0 Å². The van der Waals surface area contributed by atoms with E-state index in [9.17, 15) is 28.1 Å². The second-order valence-corrected chi connectivity index (χ2v) is 8.36. The normalized spacial score (nSPS) is 11.2. The molecule has 0 saturated heterocycles. The molecule has 0 aliphatic heterocycles. The third-order valence-electron chi connectivity index (χ3n) is 4.02. The number of nitro benzene ring substituents is 1. The van der Waals surface area contributed by atoms with Crippen LogP contribution in [0.2, 0.25) is 0 Å². The Balaban J connectivity index is 2.44. The van der Waals surface area contributed by atoms with E-state index < -0.39 is 32.5 Å². The first-order valence-electron chi connectivity index (χ1n) is 8.19. The molecular formula is C18H19N3O7S. The van der Waals surface area contributed by atoms with Crippen LogP contribution in [0.15, 0.2) is 41.3 Å². The number of nitro groups is 1. The van der Waals surface area contributed by atoms with Crippen LogP contribution < -0.4 is 5.32 Å². The van der Waals surface area contributed by atoms with Crippen LogP contribution in [0.3, 0.4) is 0 Å². The van der Waals surface area contributed by atoms with Gasteiger partial charge in [0.15, 0.2) is 0 Å². The molecule has 2 rings (SSSR count). The van der Waals surface area contributed by atoms with E-state index >= 15 is 0 Å². The topological polar surface area (TPSA) is 136 Å². The zero-order chi connectivity index (χ0) is 21.9. The van der Waals surface area contributed by atoms with Gasteiger partial charge < -0.3 is 10.1 Å². The molecule has 0 aromatic heterocycles. The van der Waals surface area contributed by atoms with Gasteiger partial charge in [0.2, 0.25) is 10.0 Å². The number of benzene rings is 2. The number of hydrogen-bond acceptors (Lipinski definition) is 7. The van der Waals surface area contributed by atoms with Crippen LogP contribution in [0.4, 0.5) is 11.4 Å². The molecule has 0 heterocycles. The molecule has 0 fully saturated rings. The van der Waals surface area contributed by atoms with Gasteiger partial charge in [-0.25, -0.2) is 17.5 Å². The number of ether oxygens (including phenoxy) is 1. The summed E-state index contributed by atoms with van der Waals surface area (Å²) < 4.78 is 30.4. The van der Waals surface area contributed by atoms with Gasteiger partial charge in [0, 0.05) is 37.5 Å². The molecule has 154 valence electrons. The highest BCUT2D eigenvalue weighted by Gasteiger charge is 2.22. The number of anilines is 1. The summed E-state index contributed by atoms with van der Waals surface area (Å²) in [5, 5.41) is 13.6. The Labute approximate surface area is 167 Å². The first kappa shape index (κ1) is 22.0. The quantitative estimate of drug-likeness (QED) is 0.429. The summed E-state index contributed by atoms with van der Waals surface area (Å²) in [5.41, 5.74) is -0.117. The molecule has 11 heteroatoms. The molecule has 0 atom stereocenters. The van der Waals surface area contributed by atoms with E-state index in [1.54, 1.807) is 6.92 Å². The van der Waals surface area contributed by atoms with Gasteiger partial charge in [-0.2, -0.15) is 0 Å². The minimum Gasteiger partial charge on any atom is -0.465 e. The number of aryl methyl sites for hydroxylation is 1. The van der Waals surface area contributed by atoms with Crippen molar-refractivity contribution < 1.29 is 27.7 Å². The summed E-state index contributed by atoms with van der Waals surface area (Å²) in [6.45, 7) is 1.62. The largest absolute Gasteiger partial charge is 0.465 e. The van der Waals surface area contributed by atoms with Gasteiger partial charge in [0.05, 0.1) is 22.5 Å². The van der Waals surface area contributed by atoms with Crippen LogP contribution in [0.5, 0.6) is 0 Å². The third kappa shape index (κ3) is 4.76. The molecule has 29 heavy (non-hydrogen) atoms. The Morgan fingerprint density at radius 1 is 1.10 bits per heavy atom. The molecule has 0 unspecified atom stereocenters. The van der Waals surface area contributed by atoms with Gasteiger partial charge in [0.25, 0.3) is 11.6 Å². The molecule has 1 N–H and O–H groups in total. The maximum Gasteiger partial charge on any atom is 0.338 e. The molecular weight excluding hydrogens is 402 g/mol. The summed E-state index contributed by atoms with van der Waals surface area (Å²) in [4.78, 5) is 34.7. The van der Waals surface area contributed by atoms with Gasteiger partial charge >= 0.3 is 5.97 Å². The molecule has 0 saturated carbocycles. The lowest BCUT2D eigenvalue weighted by Gasteiger charge is -2.15. The van der Waals surface area contributed by atoms with Gasteiger partial charge in [0.1, 0.15) is 0 Å². The predicted molar refractivity (Wildman–Crippen MR) is 104 cm³/mol. The summed E-state index contributed by atoms with van der Waals surface area (Å²) in [6.07, 6.45) is 0. The molecule has 2 aromatic rings. The SMILES string of the molecule is COC(=O)c1cc(C(=O)Nc2ccc(C)c(S(=O)(=O)N(C)C)c2)cc([N+](=O)[O-])c1. The lowest BCUT2D eigenvalue weighted by molar-refractivity contribution is -0.384. The molecule has 10 nitrogen and oxygen atoms in total. The van der Waals surface area contributed by atoms with Crippen LogP contribution in [0, 0.1) is 17.0 Å². The van der Waals surface area contributed by atoms with Gasteiger partial charge in [-0.1, -0.05) is 6.07 Å². The van der Waals surface area contributed by atoms with Crippen LogP contribution in [0.1, 0.15) is 26.3 Å². The molecule has 0 bridgehead atoms. The maximum atomic E-state index is 12.6. The van der Waals surface area contributed by atoms with E-state index in [0.29, 0.717) is 5.56 Å². The number of nitrogens with zero attached hydrogens (tertiary/aromatic N) is 2. The van der Waals surface area contributed by atoms with E-state index in [2.05, 4.69) is 10.1 Å². The van der Waals surface area contributed by atoms with Gasteiger partial charge in [-0.15, -0.1) is 0 Å². The summed E-state index contributed by atoms with van der Waals surface area (Å²) in [7, 11) is 0.146. The Hall–Kier alpha value is -3.31. The third-order valence-corrected chi connectivity index (χ3v) is 5.97. The number of nitrogens with one attached hydrogen (secondary N) is 1. The number of esters is 1. The van der Waals surface area contributed by atoms with E-state index in [1.807, 2.05) is 0 Å². The molecule has 0 radical (unpaired) electrons. The van der Waals surface area contributed by atoms with E-state index in [0.717, 1.165) is 29.6 Å². The Morgan fingerprint density at radius 3 is 2.28 bits per heavy atom. The van der Waals surface area contributed by atoms with Crippen LogP contribution >= 0.6 is 0 Å². The standard InChI is InChI=1S/C18H19N3O7S/c1-11-5-6-14(10-16(11)29(26,27)20(2)3)19-17(22)12-7-13(18(23)28-4)9-15(8-12)21(24)25/h5-10H,1-4H3,(H,19,22). The number of methoxy groups -OCH3 is 1. The lowest BCUT2D eigenvalue weighted by atomic mass is 10.1. The number of non-ortho nitro benzene ring substituents is 1. The number of amides is 1. The second-order valence-electron chi connectivity index (χ2n) is 6.24. The van der Waals surface area contributed by atoms with Crippen LogP contribution in [-0.2, 0) is 14.8 Å². The van der Waals surface area contributed by atoms with Crippen molar-refractivity contribution in [3.63, 3.8) is 0 Å². The number of sulfonamides is 1. The maximum absolute atomic E-state index is 12.6. The summed E-state index contributed by atoms with van der Waals surface area (Å²) in [6, 6.07) is 7.48. The van der Waals surface area contributed by atoms with Gasteiger partial charge in [-0.05, 0) is 30.7 Å². The highest BCUT2D eigenvalue weighted by Crippen LogP contribution is 2.24. The highest BCUT2D eigenvalue weighted by atomic mass is 32.2. The predicted octanol–water partition coefficient (Wildman–Crippen LogP) is 2.19. The fraction of sp³-hybridized carbons (Fsp3) is 0.222. The van der Waals surface area contributed by atoms with Crippen LogP contribution in [0.25, 0.3) is 0 Å². The number of carbonyl (C=O) groups excluding carboxylic acids is 2. The lowest BCUT2D eigenvalue weighted by Crippen LogP contribution is -2.23. The van der Waals surface area contributed by atoms with Gasteiger partial charge in [-0.3, -0.25) is 14.9 Å². The zero-order valence-corrected chi connectivity index (χ0v) is 16.9. The van der Waals surface area contributed by atoms with Crippen molar-refractivity contribution in [3.05, 3.63) is 63.2 Å². The van der Waals surface area contributed by atoms with Crippen molar-refractivity contribution in [2.75, 3.05) is 26.5 Å². The average molecular weight is 421 g/mol. The summed E-state index contributed by atoms with van der Waals surface area (Å²) in [5.74, 6) is -1.59. The Bertz CT molecular complexity index is 1090. The van der Waals surface area contributed by atoms with E-state index in [-0.39, 0.29) is 21.7 Å². The number of rotatable bonds is 6. The van der Waals surface area contributed by atoms with Crippen molar-refractivity contribution in [1.82, 2.24) is 4.31 Å². The zero-order valence-electron chi connectivity index (χ0n) is 16.1. The van der Waals surface area contributed by atoms with Crippen molar-refractivity contribution >= 4 is 33.3 Å². The first-order valence-corrected chi connectivity index (χ1v) is 9.63. The van der Waals surface area contributed by atoms with Crippen LogP contribution in [-0.4, -0.2) is 50.7 Å². The molecule has 2 aromatic carbocycles. The fourth-order valence-electron chi connectivity index (χ4n) is 2.44. The van der Waals surface area contributed by atoms with Crippen molar-refractivity contribution in [1.29, 1.82) is 0 Å². The summed E-state index contributed by atoms with van der Waals surface area (Å²) >= 11 is 0. The molecule has 0 spiro atoms. The number of carbonyl (C=O) groups is 2. The molecule has 0 aliphatic carbocycles. The van der Waals surface area contributed by atoms with Crippen molar-refractivity contribution in [2.24, 2.45) is 0 Å². The van der Waals surface area contributed by atoms with E-state index in [4.69, 9.17) is 0 Å². The minimum absolute atomic E-state index is 0.00888. The average Bonchev–Trinajstić information content (AvgIpc) is 2.67. The number of hydrogen-bond donors (Lipinski definition) is 1.